The van der Waals surface area contributed by atoms with Gasteiger partial charge in [0.05, 0.1) is 0 Å². The molecule has 0 aromatic carbocycles. The van der Waals surface area contributed by atoms with Gasteiger partial charge in [0, 0.05) is 0 Å². The molecule has 0 aliphatic carbocycles. The Morgan fingerprint density at radius 1 is 0.929 bits per heavy atom. The summed E-state index contributed by atoms with van der Waals surface area (Å²) in [4.78, 5) is 0.385. The zero-order valence-electron chi connectivity index (χ0n) is 9.93. The topological polar surface area (TPSA) is 9.23 Å². The van der Waals surface area contributed by atoms with Crippen molar-refractivity contribution < 1.29 is 4.74 Å². The molecule has 1 atom stereocenters. The van der Waals surface area contributed by atoms with Crippen LogP contribution in [0.1, 0.15) is 65.2 Å². The molecule has 0 bridgehead atoms. The van der Waals surface area contributed by atoms with Gasteiger partial charge < -0.3 is 0 Å². The Labute approximate surface area is 98.0 Å². The Kier molecular flexibility index (Phi) is 12.0. The summed E-state index contributed by atoms with van der Waals surface area (Å²) >= 11 is 2.77. The van der Waals surface area contributed by atoms with E-state index >= 15 is 0 Å². The molecule has 0 aromatic rings. The Morgan fingerprint density at radius 3 is 2.07 bits per heavy atom. The van der Waals surface area contributed by atoms with E-state index in [1.54, 1.807) is 0 Å². The SMILES string of the molecule is CCCCCCCCC[CH]([Al+2])OCC. The van der Waals surface area contributed by atoms with E-state index in [1.165, 1.54) is 51.4 Å². The van der Waals surface area contributed by atoms with E-state index in [0.717, 1.165) is 6.61 Å². The van der Waals surface area contributed by atoms with E-state index < -0.39 is 0 Å². The summed E-state index contributed by atoms with van der Waals surface area (Å²) in [6.45, 7) is 5.16. The van der Waals surface area contributed by atoms with Crippen LogP contribution in [0.5, 0.6) is 0 Å². The van der Waals surface area contributed by atoms with E-state index in [9.17, 15) is 0 Å². The van der Waals surface area contributed by atoms with Crippen LogP contribution in [0.4, 0.5) is 0 Å². The summed E-state index contributed by atoms with van der Waals surface area (Å²) < 4.78 is 5.45. The Balaban J connectivity index is 2.98. The van der Waals surface area contributed by atoms with Crippen LogP contribution in [0, 0.1) is 0 Å². The maximum absolute atomic E-state index is 5.45. The van der Waals surface area contributed by atoms with Crippen molar-refractivity contribution in [3.05, 3.63) is 0 Å². The summed E-state index contributed by atoms with van der Waals surface area (Å²) in [5.41, 5.74) is 0. The third-order valence-corrected chi connectivity index (χ3v) is 3.00. The van der Waals surface area contributed by atoms with Crippen LogP contribution < -0.4 is 0 Å². The van der Waals surface area contributed by atoms with Crippen LogP contribution in [-0.4, -0.2) is 27.9 Å². The van der Waals surface area contributed by atoms with Gasteiger partial charge in [-0.2, -0.15) is 0 Å². The zero-order chi connectivity index (χ0) is 10.6. The molecule has 0 amide bonds. The van der Waals surface area contributed by atoms with Crippen LogP contribution in [0.3, 0.4) is 0 Å². The van der Waals surface area contributed by atoms with Crippen molar-refractivity contribution >= 4 is 16.3 Å². The molecule has 0 aliphatic heterocycles. The molecular formula is C12H25AlO+2. The van der Waals surface area contributed by atoms with Gasteiger partial charge in [-0.15, -0.1) is 0 Å². The fourth-order valence-electron chi connectivity index (χ4n) is 1.60. The van der Waals surface area contributed by atoms with Gasteiger partial charge in [-0.25, -0.2) is 0 Å². The van der Waals surface area contributed by atoms with E-state index in [0.29, 0.717) is 4.97 Å². The van der Waals surface area contributed by atoms with Crippen molar-refractivity contribution in [2.45, 2.75) is 70.2 Å². The van der Waals surface area contributed by atoms with Gasteiger partial charge in [0.25, 0.3) is 0 Å². The van der Waals surface area contributed by atoms with Crippen molar-refractivity contribution in [3.63, 3.8) is 0 Å². The number of hydrogen-bond acceptors (Lipinski definition) is 1. The standard InChI is InChI=1S/C12H25O.Al/c1-3-5-6-7-8-9-10-11-12-13-4-2;/h12H,3-11H2,1-2H3;/q;+2. The molecule has 1 nitrogen and oxygen atoms in total. The van der Waals surface area contributed by atoms with Gasteiger partial charge in [-0.05, 0) is 0 Å². The van der Waals surface area contributed by atoms with Crippen LogP contribution >= 0.6 is 0 Å². The normalized spacial score (nSPS) is 13.1. The predicted molar refractivity (Wildman–Crippen MR) is 63.8 cm³/mol. The van der Waals surface area contributed by atoms with Gasteiger partial charge >= 0.3 is 97.8 Å². The van der Waals surface area contributed by atoms with Crippen molar-refractivity contribution in [2.24, 2.45) is 0 Å². The Morgan fingerprint density at radius 2 is 1.50 bits per heavy atom. The minimum absolute atomic E-state index is 0.385. The van der Waals surface area contributed by atoms with E-state index in [-0.39, 0.29) is 0 Å². The van der Waals surface area contributed by atoms with E-state index in [4.69, 9.17) is 4.74 Å². The molecule has 0 saturated heterocycles. The molecule has 0 radical (unpaired) electrons. The third-order valence-electron chi connectivity index (χ3n) is 2.47. The molecule has 1 unspecified atom stereocenters. The Hall–Kier alpha value is 0.492. The molecule has 0 aliphatic rings. The first-order valence-electron chi connectivity index (χ1n) is 6.18. The second kappa shape index (κ2) is 11.6. The summed E-state index contributed by atoms with van der Waals surface area (Å²) in [6.07, 6.45) is 10.9. The minimum atomic E-state index is 0.385. The number of hydrogen-bond donors (Lipinski definition) is 0. The Bertz CT molecular complexity index is 106. The van der Waals surface area contributed by atoms with E-state index in [1.807, 2.05) is 0 Å². The second-order valence-electron chi connectivity index (χ2n) is 3.90. The molecule has 14 heavy (non-hydrogen) atoms. The maximum atomic E-state index is 5.45. The predicted octanol–water partition coefficient (Wildman–Crippen LogP) is 3.66. The van der Waals surface area contributed by atoms with Crippen molar-refractivity contribution in [2.75, 3.05) is 6.61 Å². The molecule has 0 rings (SSSR count). The fraction of sp³-hybridized carbons (Fsp3) is 1.00. The van der Waals surface area contributed by atoms with Gasteiger partial charge in [-0.3, -0.25) is 0 Å². The molecule has 0 aromatic heterocycles. The van der Waals surface area contributed by atoms with Gasteiger partial charge in [0.1, 0.15) is 0 Å². The number of rotatable bonds is 10. The molecule has 2 heteroatoms. The number of ether oxygens (including phenoxy) is 1. The van der Waals surface area contributed by atoms with Crippen LogP contribution in [0.25, 0.3) is 0 Å². The molecule has 0 saturated carbocycles. The van der Waals surface area contributed by atoms with Crippen molar-refractivity contribution in [1.29, 1.82) is 0 Å². The monoisotopic (exact) mass is 212 g/mol. The van der Waals surface area contributed by atoms with Gasteiger partial charge in [0.2, 0.25) is 0 Å². The average Bonchev–Trinajstić information content (AvgIpc) is 2.17. The average molecular weight is 212 g/mol. The summed E-state index contributed by atoms with van der Waals surface area (Å²) in [6, 6.07) is 0. The third kappa shape index (κ3) is 10.6. The summed E-state index contributed by atoms with van der Waals surface area (Å²) in [5, 5.41) is 0. The molecule has 0 heterocycles. The van der Waals surface area contributed by atoms with Crippen molar-refractivity contribution in [1.82, 2.24) is 0 Å². The molecule has 0 spiro atoms. The molecule has 0 fully saturated rings. The molecule has 0 N–H and O–H groups in total. The first-order chi connectivity index (χ1) is 6.81. The van der Waals surface area contributed by atoms with Crippen LogP contribution in [-0.2, 0) is 4.74 Å². The van der Waals surface area contributed by atoms with Crippen molar-refractivity contribution in [3.8, 4) is 0 Å². The second-order valence-corrected chi connectivity index (χ2v) is 4.65. The zero-order valence-corrected chi connectivity index (χ0v) is 11.1. The summed E-state index contributed by atoms with van der Waals surface area (Å²) in [7, 11) is 0. The molecule has 80 valence electrons. The first kappa shape index (κ1) is 14.5. The van der Waals surface area contributed by atoms with Crippen LogP contribution in [0.2, 0.25) is 0 Å². The summed E-state index contributed by atoms with van der Waals surface area (Å²) in [5.74, 6) is 0. The quantitative estimate of drug-likeness (QED) is 0.396. The van der Waals surface area contributed by atoms with Gasteiger partial charge in [-0.1, -0.05) is 0 Å². The number of unbranched alkanes of at least 4 members (excludes halogenated alkanes) is 6. The fourth-order valence-corrected chi connectivity index (χ4v) is 2.03. The first-order valence-corrected chi connectivity index (χ1v) is 6.85. The molecular weight excluding hydrogens is 187 g/mol. The van der Waals surface area contributed by atoms with Crippen LogP contribution in [0.15, 0.2) is 0 Å². The van der Waals surface area contributed by atoms with E-state index in [2.05, 4.69) is 30.1 Å². The van der Waals surface area contributed by atoms with Gasteiger partial charge in [0.15, 0.2) is 0 Å².